The quantitative estimate of drug-likeness (QED) is 0.716. The Hall–Kier alpha value is -0.610. The molecule has 132 valence electrons. The van der Waals surface area contributed by atoms with E-state index in [2.05, 4.69) is 38.3 Å². The Kier molecular flexibility index (Phi) is 4.29. The van der Waals surface area contributed by atoms with Gasteiger partial charge in [0.25, 0.3) is 5.91 Å². The van der Waals surface area contributed by atoms with Crippen molar-refractivity contribution >= 4 is 5.91 Å². The molecule has 0 radical (unpaired) electrons. The van der Waals surface area contributed by atoms with Gasteiger partial charge in [0.05, 0.1) is 0 Å². The minimum absolute atomic E-state index is 0.0941. The van der Waals surface area contributed by atoms with Crippen LogP contribution in [0.4, 0.5) is 0 Å². The topological polar surface area (TPSA) is 50.4 Å². The monoisotopic (exact) mass is 322 g/mol. The Morgan fingerprint density at radius 2 is 1.30 bits per heavy atom. The van der Waals surface area contributed by atoms with Crippen LogP contribution in [0.3, 0.4) is 0 Å². The first-order chi connectivity index (χ1) is 10.7. The smallest absolute Gasteiger partial charge is 0.254 e. The lowest BCUT2D eigenvalue weighted by Gasteiger charge is -2.50. The standard InChI is InChI=1S/C19H34N2O2/c1-16(2)13-18(14-17(3,4)21-16)15(22)20-19(23-18)11-9-7-5-6-8-10-12-19/h21H,5-14H2,1-4H3,(H,20,22). The normalized spacial score (nSPS) is 32.1. The molecule has 0 bridgehead atoms. The number of carbonyl (C=O) groups is 1. The van der Waals surface area contributed by atoms with Gasteiger partial charge in [-0.05, 0) is 53.4 Å². The molecule has 23 heavy (non-hydrogen) atoms. The van der Waals surface area contributed by atoms with Crippen LogP contribution < -0.4 is 10.6 Å². The van der Waals surface area contributed by atoms with Crippen LogP contribution in [0.2, 0.25) is 0 Å². The van der Waals surface area contributed by atoms with Gasteiger partial charge in [-0.1, -0.05) is 25.7 Å². The van der Waals surface area contributed by atoms with Crippen molar-refractivity contribution in [2.45, 2.75) is 114 Å². The number of hydrogen-bond acceptors (Lipinski definition) is 3. The Morgan fingerprint density at radius 3 is 1.83 bits per heavy atom. The number of carbonyl (C=O) groups excluding carboxylic acids is 1. The molecule has 1 amide bonds. The second-order valence-corrected chi connectivity index (χ2v) is 9.41. The third-order valence-corrected chi connectivity index (χ3v) is 5.69. The first-order valence-electron chi connectivity index (χ1n) is 9.48. The minimum atomic E-state index is -0.660. The van der Waals surface area contributed by atoms with E-state index in [1.165, 1.54) is 25.7 Å². The first kappa shape index (κ1) is 17.2. The van der Waals surface area contributed by atoms with Crippen LogP contribution in [0.25, 0.3) is 0 Å². The summed E-state index contributed by atoms with van der Waals surface area (Å²) in [7, 11) is 0. The van der Waals surface area contributed by atoms with Gasteiger partial charge in [-0.15, -0.1) is 0 Å². The van der Waals surface area contributed by atoms with E-state index in [0.29, 0.717) is 0 Å². The summed E-state index contributed by atoms with van der Waals surface area (Å²) in [5.74, 6) is 0.124. The Bertz CT molecular complexity index is 444. The Balaban J connectivity index is 1.85. The van der Waals surface area contributed by atoms with E-state index in [4.69, 9.17) is 4.74 Å². The van der Waals surface area contributed by atoms with Crippen LogP contribution in [-0.4, -0.2) is 28.3 Å². The summed E-state index contributed by atoms with van der Waals surface area (Å²) in [6.07, 6.45) is 10.9. The molecule has 0 aromatic rings. The van der Waals surface area contributed by atoms with E-state index in [1.807, 2.05) is 0 Å². The predicted octanol–water partition coefficient (Wildman–Crippen LogP) is 3.64. The van der Waals surface area contributed by atoms with Crippen molar-refractivity contribution in [1.29, 1.82) is 0 Å². The fraction of sp³-hybridized carbons (Fsp3) is 0.947. The second kappa shape index (κ2) is 5.73. The lowest BCUT2D eigenvalue weighted by Crippen LogP contribution is -2.65. The van der Waals surface area contributed by atoms with Crippen LogP contribution >= 0.6 is 0 Å². The lowest BCUT2D eigenvalue weighted by molar-refractivity contribution is -0.165. The van der Waals surface area contributed by atoms with E-state index in [9.17, 15) is 4.79 Å². The molecular weight excluding hydrogens is 288 g/mol. The molecule has 2 saturated heterocycles. The highest BCUT2D eigenvalue weighted by Crippen LogP contribution is 2.46. The maximum absolute atomic E-state index is 13.0. The number of ether oxygens (including phenoxy) is 1. The van der Waals surface area contributed by atoms with Crippen LogP contribution in [0.5, 0.6) is 0 Å². The van der Waals surface area contributed by atoms with E-state index < -0.39 is 11.3 Å². The van der Waals surface area contributed by atoms with Crippen molar-refractivity contribution in [3.05, 3.63) is 0 Å². The third kappa shape index (κ3) is 3.58. The molecule has 0 unspecified atom stereocenters. The molecule has 0 aromatic carbocycles. The average molecular weight is 322 g/mol. The fourth-order valence-electron chi connectivity index (χ4n) is 5.37. The van der Waals surface area contributed by atoms with E-state index >= 15 is 0 Å². The summed E-state index contributed by atoms with van der Waals surface area (Å²) in [6.45, 7) is 8.72. The van der Waals surface area contributed by atoms with Crippen LogP contribution in [0.1, 0.15) is 91.9 Å². The van der Waals surface area contributed by atoms with Gasteiger partial charge in [0.2, 0.25) is 0 Å². The summed E-state index contributed by atoms with van der Waals surface area (Å²) in [5, 5.41) is 6.98. The van der Waals surface area contributed by atoms with Crippen molar-refractivity contribution in [3.63, 3.8) is 0 Å². The molecule has 3 fully saturated rings. The van der Waals surface area contributed by atoms with Crippen molar-refractivity contribution in [2.24, 2.45) is 0 Å². The zero-order chi connectivity index (χ0) is 16.8. The van der Waals surface area contributed by atoms with Crippen molar-refractivity contribution in [2.75, 3.05) is 0 Å². The fourth-order valence-corrected chi connectivity index (χ4v) is 5.37. The van der Waals surface area contributed by atoms with Gasteiger partial charge in [0.1, 0.15) is 5.72 Å². The summed E-state index contributed by atoms with van der Waals surface area (Å²) < 4.78 is 6.69. The summed E-state index contributed by atoms with van der Waals surface area (Å²) in [4.78, 5) is 13.0. The Morgan fingerprint density at radius 1 is 0.826 bits per heavy atom. The second-order valence-electron chi connectivity index (χ2n) is 9.41. The number of hydrogen-bond donors (Lipinski definition) is 2. The Labute approximate surface area is 141 Å². The van der Waals surface area contributed by atoms with Gasteiger partial charge >= 0.3 is 0 Å². The number of rotatable bonds is 0. The van der Waals surface area contributed by atoms with Gasteiger partial charge in [-0.3, -0.25) is 4.79 Å². The highest BCUT2D eigenvalue weighted by atomic mass is 16.6. The maximum Gasteiger partial charge on any atom is 0.254 e. The first-order valence-corrected chi connectivity index (χ1v) is 9.48. The molecule has 2 heterocycles. The van der Waals surface area contributed by atoms with Gasteiger partial charge < -0.3 is 15.4 Å². The van der Waals surface area contributed by atoms with E-state index in [0.717, 1.165) is 38.5 Å². The molecule has 3 rings (SSSR count). The molecule has 2 spiro atoms. The molecule has 1 saturated carbocycles. The van der Waals surface area contributed by atoms with Crippen LogP contribution in [0.15, 0.2) is 0 Å². The average Bonchev–Trinajstić information content (AvgIpc) is 2.67. The predicted molar refractivity (Wildman–Crippen MR) is 92.2 cm³/mol. The molecule has 3 aliphatic rings. The van der Waals surface area contributed by atoms with Gasteiger partial charge in [-0.25, -0.2) is 0 Å². The summed E-state index contributed by atoms with van der Waals surface area (Å²) in [6, 6.07) is 0. The summed E-state index contributed by atoms with van der Waals surface area (Å²) in [5.41, 5.74) is -1.26. The number of piperidine rings is 1. The molecular formula is C19H34N2O2. The van der Waals surface area contributed by atoms with Crippen molar-refractivity contribution < 1.29 is 9.53 Å². The van der Waals surface area contributed by atoms with Crippen LogP contribution in [-0.2, 0) is 9.53 Å². The molecule has 4 nitrogen and oxygen atoms in total. The molecule has 4 heteroatoms. The third-order valence-electron chi connectivity index (χ3n) is 5.69. The van der Waals surface area contributed by atoms with Gasteiger partial charge in [0.15, 0.2) is 5.60 Å². The molecule has 1 aliphatic carbocycles. The SMILES string of the molecule is CC1(C)CC2(CC(C)(C)N1)OC1(CCCCCCCC1)NC2=O. The zero-order valence-corrected chi connectivity index (χ0v) is 15.4. The summed E-state index contributed by atoms with van der Waals surface area (Å²) >= 11 is 0. The number of nitrogens with one attached hydrogen (secondary N) is 2. The number of amides is 1. The zero-order valence-electron chi connectivity index (χ0n) is 15.4. The molecule has 0 aromatic heterocycles. The van der Waals surface area contributed by atoms with Gasteiger partial charge in [0, 0.05) is 23.9 Å². The molecule has 2 N–H and O–H groups in total. The highest BCUT2D eigenvalue weighted by molar-refractivity contribution is 5.88. The van der Waals surface area contributed by atoms with Gasteiger partial charge in [-0.2, -0.15) is 0 Å². The lowest BCUT2D eigenvalue weighted by atomic mass is 9.72. The highest BCUT2D eigenvalue weighted by Gasteiger charge is 2.60. The molecule has 2 aliphatic heterocycles. The van der Waals surface area contributed by atoms with Crippen molar-refractivity contribution in [3.8, 4) is 0 Å². The van der Waals surface area contributed by atoms with E-state index in [-0.39, 0.29) is 17.0 Å². The van der Waals surface area contributed by atoms with Crippen molar-refractivity contribution in [1.82, 2.24) is 10.6 Å². The van der Waals surface area contributed by atoms with E-state index in [1.54, 1.807) is 0 Å². The minimum Gasteiger partial charge on any atom is -0.339 e. The van der Waals surface area contributed by atoms with Crippen LogP contribution in [0, 0.1) is 0 Å². The molecule has 0 atom stereocenters. The maximum atomic E-state index is 13.0. The largest absolute Gasteiger partial charge is 0.339 e.